The standard InChI is InChI=1S/C20H23BrN4O2S/c1-12(2)10-25-19(27)18-16(23-20(25)28-4)8-13(3)24(18)11-17(26)22-15-7-5-6-14(21)9-15/h5-9,12H,10-11H2,1-4H3,(H,22,26). The molecule has 3 aromatic rings. The van der Waals surface area contributed by atoms with Crippen LogP contribution in [0.25, 0.3) is 11.0 Å². The highest BCUT2D eigenvalue weighted by Crippen LogP contribution is 2.20. The Morgan fingerprint density at radius 3 is 2.68 bits per heavy atom. The summed E-state index contributed by atoms with van der Waals surface area (Å²) in [5.74, 6) is 0.120. The molecule has 0 unspecified atom stereocenters. The maximum Gasteiger partial charge on any atom is 0.278 e. The number of hydrogen-bond acceptors (Lipinski definition) is 4. The summed E-state index contributed by atoms with van der Waals surface area (Å²) < 4.78 is 4.34. The number of nitrogens with zero attached hydrogens (tertiary/aromatic N) is 3. The van der Waals surface area contributed by atoms with Gasteiger partial charge in [0.2, 0.25) is 5.91 Å². The Hall–Kier alpha value is -2.06. The summed E-state index contributed by atoms with van der Waals surface area (Å²) in [4.78, 5) is 30.5. The molecule has 1 aromatic carbocycles. The van der Waals surface area contributed by atoms with Crippen LogP contribution in [0.1, 0.15) is 19.5 Å². The van der Waals surface area contributed by atoms with Crippen molar-refractivity contribution in [2.24, 2.45) is 5.92 Å². The molecule has 148 valence electrons. The highest BCUT2D eigenvalue weighted by molar-refractivity contribution is 9.10. The minimum absolute atomic E-state index is 0.0546. The van der Waals surface area contributed by atoms with Gasteiger partial charge in [0.25, 0.3) is 5.56 Å². The van der Waals surface area contributed by atoms with Gasteiger partial charge in [0.05, 0.1) is 5.52 Å². The van der Waals surface area contributed by atoms with E-state index in [0.29, 0.717) is 34.3 Å². The van der Waals surface area contributed by atoms with Crippen LogP contribution in [0.2, 0.25) is 0 Å². The molecule has 0 fully saturated rings. The minimum Gasteiger partial charge on any atom is -0.330 e. The molecular weight excluding hydrogens is 440 g/mol. The fraction of sp³-hybridized carbons (Fsp3) is 0.350. The largest absolute Gasteiger partial charge is 0.330 e. The Morgan fingerprint density at radius 2 is 2.04 bits per heavy atom. The molecule has 28 heavy (non-hydrogen) atoms. The van der Waals surface area contributed by atoms with Gasteiger partial charge in [0.1, 0.15) is 12.1 Å². The predicted molar refractivity (Wildman–Crippen MR) is 118 cm³/mol. The summed E-state index contributed by atoms with van der Waals surface area (Å²) in [7, 11) is 0. The van der Waals surface area contributed by atoms with E-state index in [2.05, 4.69) is 40.1 Å². The molecule has 0 aliphatic rings. The van der Waals surface area contributed by atoms with Gasteiger partial charge in [-0.2, -0.15) is 0 Å². The highest BCUT2D eigenvalue weighted by Gasteiger charge is 2.18. The van der Waals surface area contributed by atoms with Crippen LogP contribution in [0.4, 0.5) is 5.69 Å². The van der Waals surface area contributed by atoms with Gasteiger partial charge < -0.3 is 9.88 Å². The van der Waals surface area contributed by atoms with Gasteiger partial charge in [-0.1, -0.05) is 47.6 Å². The SMILES string of the molecule is CSc1nc2cc(C)n(CC(=O)Nc3cccc(Br)c3)c2c(=O)n1CC(C)C. The lowest BCUT2D eigenvalue weighted by Gasteiger charge is -2.14. The third kappa shape index (κ3) is 4.33. The van der Waals surface area contributed by atoms with Crippen LogP contribution in [0, 0.1) is 12.8 Å². The molecule has 3 rings (SSSR count). The molecule has 2 heterocycles. The summed E-state index contributed by atoms with van der Waals surface area (Å²) in [6, 6.07) is 9.27. The molecule has 0 radical (unpaired) electrons. The van der Waals surface area contributed by atoms with E-state index in [0.717, 1.165) is 10.2 Å². The zero-order valence-electron chi connectivity index (χ0n) is 16.3. The van der Waals surface area contributed by atoms with E-state index in [9.17, 15) is 9.59 Å². The highest BCUT2D eigenvalue weighted by atomic mass is 79.9. The van der Waals surface area contributed by atoms with Crippen LogP contribution in [0.15, 0.2) is 44.8 Å². The third-order valence-corrected chi connectivity index (χ3v) is 5.49. The van der Waals surface area contributed by atoms with E-state index >= 15 is 0 Å². The fourth-order valence-electron chi connectivity index (χ4n) is 3.14. The summed E-state index contributed by atoms with van der Waals surface area (Å²) in [5.41, 5.74) is 2.53. The van der Waals surface area contributed by atoms with E-state index in [4.69, 9.17) is 0 Å². The summed E-state index contributed by atoms with van der Waals surface area (Å²) in [6.45, 7) is 6.66. The summed E-state index contributed by atoms with van der Waals surface area (Å²) >= 11 is 4.85. The van der Waals surface area contributed by atoms with E-state index in [1.54, 1.807) is 9.13 Å². The number of aryl methyl sites for hydroxylation is 1. The number of hydrogen-bond donors (Lipinski definition) is 1. The molecule has 0 bridgehead atoms. The maximum absolute atomic E-state index is 13.2. The number of halogens is 1. The second kappa shape index (κ2) is 8.53. The lowest BCUT2D eigenvalue weighted by Crippen LogP contribution is -2.28. The molecule has 0 aliphatic heterocycles. The average molecular weight is 463 g/mol. The predicted octanol–water partition coefficient (Wildman–Crippen LogP) is 4.29. The van der Waals surface area contributed by atoms with Crippen LogP contribution in [-0.4, -0.2) is 26.3 Å². The Bertz CT molecular complexity index is 1090. The number of aromatic nitrogens is 3. The van der Waals surface area contributed by atoms with Crippen molar-refractivity contribution in [1.29, 1.82) is 0 Å². The topological polar surface area (TPSA) is 68.9 Å². The first-order chi connectivity index (χ1) is 13.3. The van der Waals surface area contributed by atoms with Gasteiger partial charge in [0, 0.05) is 22.4 Å². The minimum atomic E-state index is -0.192. The lowest BCUT2D eigenvalue weighted by molar-refractivity contribution is -0.116. The van der Waals surface area contributed by atoms with Gasteiger partial charge in [0.15, 0.2) is 5.16 Å². The van der Waals surface area contributed by atoms with Gasteiger partial charge in [-0.3, -0.25) is 14.2 Å². The van der Waals surface area contributed by atoms with Gasteiger partial charge >= 0.3 is 0 Å². The number of carbonyl (C=O) groups is 1. The average Bonchev–Trinajstić information content (AvgIpc) is 2.92. The molecule has 0 atom stereocenters. The fourth-order valence-corrected chi connectivity index (χ4v) is 4.11. The number of anilines is 1. The van der Waals surface area contributed by atoms with Gasteiger partial charge in [-0.05, 0) is 43.4 Å². The van der Waals surface area contributed by atoms with Crippen LogP contribution in [0.5, 0.6) is 0 Å². The first-order valence-electron chi connectivity index (χ1n) is 9.00. The van der Waals surface area contributed by atoms with Crippen LogP contribution in [0.3, 0.4) is 0 Å². The molecule has 1 amide bonds. The molecule has 8 heteroatoms. The number of carbonyl (C=O) groups excluding carboxylic acids is 1. The smallest absolute Gasteiger partial charge is 0.278 e. The van der Waals surface area contributed by atoms with Crippen molar-refractivity contribution >= 4 is 50.3 Å². The van der Waals surface area contributed by atoms with Gasteiger partial charge in [-0.15, -0.1) is 0 Å². The van der Waals surface area contributed by atoms with Crippen molar-refractivity contribution in [2.45, 2.75) is 39.0 Å². The monoisotopic (exact) mass is 462 g/mol. The number of benzene rings is 1. The molecule has 1 N–H and O–H groups in total. The summed E-state index contributed by atoms with van der Waals surface area (Å²) in [5, 5.41) is 3.57. The van der Waals surface area contributed by atoms with Crippen LogP contribution in [-0.2, 0) is 17.9 Å². The Balaban J connectivity index is 2.00. The number of rotatable bonds is 6. The Kier molecular flexibility index (Phi) is 6.30. The second-order valence-corrected chi connectivity index (χ2v) is 8.76. The maximum atomic E-state index is 13.2. The van der Waals surface area contributed by atoms with E-state index in [1.165, 1.54) is 11.8 Å². The van der Waals surface area contributed by atoms with Crippen LogP contribution < -0.4 is 10.9 Å². The van der Waals surface area contributed by atoms with Crippen molar-refractivity contribution in [1.82, 2.24) is 14.1 Å². The molecule has 0 aliphatic carbocycles. The first-order valence-corrected chi connectivity index (χ1v) is 11.0. The van der Waals surface area contributed by atoms with E-state index in [-0.39, 0.29) is 18.0 Å². The molecule has 0 saturated heterocycles. The van der Waals surface area contributed by atoms with E-state index in [1.807, 2.05) is 43.5 Å². The second-order valence-electron chi connectivity index (χ2n) is 7.07. The number of fused-ring (bicyclic) bond motifs is 1. The molecule has 6 nitrogen and oxygen atoms in total. The molecule has 2 aromatic heterocycles. The van der Waals surface area contributed by atoms with E-state index < -0.39 is 0 Å². The van der Waals surface area contributed by atoms with Crippen molar-refractivity contribution in [3.05, 3.63) is 50.9 Å². The lowest BCUT2D eigenvalue weighted by atomic mass is 10.2. The first kappa shape index (κ1) is 20.7. The summed E-state index contributed by atoms with van der Waals surface area (Å²) in [6.07, 6.45) is 1.92. The number of nitrogens with one attached hydrogen (secondary N) is 1. The van der Waals surface area contributed by atoms with Crippen molar-refractivity contribution in [3.8, 4) is 0 Å². The van der Waals surface area contributed by atoms with Gasteiger partial charge in [-0.25, -0.2) is 4.98 Å². The Morgan fingerprint density at radius 1 is 1.29 bits per heavy atom. The third-order valence-electron chi connectivity index (χ3n) is 4.32. The zero-order valence-corrected chi connectivity index (χ0v) is 18.7. The van der Waals surface area contributed by atoms with Crippen molar-refractivity contribution < 1.29 is 4.79 Å². The van der Waals surface area contributed by atoms with Crippen molar-refractivity contribution in [3.63, 3.8) is 0 Å². The number of thioether (sulfide) groups is 1. The molecule has 0 spiro atoms. The van der Waals surface area contributed by atoms with Crippen LogP contribution >= 0.6 is 27.7 Å². The zero-order chi connectivity index (χ0) is 20.4. The quantitative estimate of drug-likeness (QED) is 0.438. The van der Waals surface area contributed by atoms with Crippen molar-refractivity contribution in [2.75, 3.05) is 11.6 Å². The Labute approximate surface area is 176 Å². The normalized spacial score (nSPS) is 11.4. The molecule has 0 saturated carbocycles. The number of amides is 1. The molecular formula is C20H23BrN4O2S.